The van der Waals surface area contributed by atoms with Gasteiger partial charge in [0.1, 0.15) is 0 Å². The van der Waals surface area contributed by atoms with Crippen molar-refractivity contribution < 1.29 is 0 Å². The first-order valence-corrected chi connectivity index (χ1v) is 9.91. The van der Waals surface area contributed by atoms with E-state index >= 15 is 0 Å². The molecule has 138 valence electrons. The zero-order valence-corrected chi connectivity index (χ0v) is 16.8. The van der Waals surface area contributed by atoms with Crippen molar-refractivity contribution in [1.29, 1.82) is 0 Å². The van der Waals surface area contributed by atoms with Crippen LogP contribution in [0.15, 0.2) is 58.5 Å². The first-order valence-electron chi connectivity index (χ1n) is 9.91. The van der Waals surface area contributed by atoms with E-state index in [0.29, 0.717) is 0 Å². The average molecular weight is 349 g/mol. The standard InChI is InChI=1S/C24H32N2/c1-5-7-14-23(25-21-12-10-9-11-13-21)24(15-8-6-2)26-22-17-16-19(3)20(4)18-22/h9-13,16-18H,5-8,14-15H2,1-4H3. The SMILES string of the molecule is CCCCC(=Nc1ccccc1)C(CCCC)=Nc1ccc(C)c(C)c1. The minimum absolute atomic E-state index is 0.985. The summed E-state index contributed by atoms with van der Waals surface area (Å²) in [6, 6.07) is 16.7. The van der Waals surface area contributed by atoms with E-state index in [0.717, 1.165) is 48.5 Å². The Labute approximate surface area is 159 Å². The van der Waals surface area contributed by atoms with Gasteiger partial charge in [0, 0.05) is 0 Å². The Hall–Kier alpha value is -2.22. The molecule has 26 heavy (non-hydrogen) atoms. The Bertz CT molecular complexity index is 742. The molecule has 0 atom stereocenters. The Morgan fingerprint density at radius 3 is 1.81 bits per heavy atom. The van der Waals surface area contributed by atoms with E-state index in [4.69, 9.17) is 9.98 Å². The molecule has 2 nitrogen and oxygen atoms in total. The number of aliphatic imine (C=N–C) groups is 2. The maximum absolute atomic E-state index is 5.03. The lowest BCUT2D eigenvalue weighted by atomic mass is 10.0. The van der Waals surface area contributed by atoms with Crippen LogP contribution < -0.4 is 0 Å². The molecule has 0 bridgehead atoms. The van der Waals surface area contributed by atoms with Crippen molar-refractivity contribution in [2.45, 2.75) is 66.2 Å². The van der Waals surface area contributed by atoms with Crippen LogP contribution in [0.2, 0.25) is 0 Å². The average Bonchev–Trinajstić information content (AvgIpc) is 2.66. The predicted octanol–water partition coefficient (Wildman–Crippen LogP) is 7.53. The maximum atomic E-state index is 5.03. The highest BCUT2D eigenvalue weighted by molar-refractivity contribution is 6.43. The van der Waals surface area contributed by atoms with Crippen molar-refractivity contribution in [1.82, 2.24) is 0 Å². The lowest BCUT2D eigenvalue weighted by Crippen LogP contribution is -2.14. The monoisotopic (exact) mass is 348 g/mol. The van der Waals surface area contributed by atoms with Crippen LogP contribution in [0.4, 0.5) is 11.4 Å². The number of aryl methyl sites for hydroxylation is 2. The summed E-state index contributed by atoms with van der Waals surface area (Å²) in [5.74, 6) is 0. The molecule has 2 rings (SSSR count). The van der Waals surface area contributed by atoms with Gasteiger partial charge in [-0.2, -0.15) is 0 Å². The molecule has 0 fully saturated rings. The van der Waals surface area contributed by atoms with Crippen LogP contribution in [0.5, 0.6) is 0 Å². The summed E-state index contributed by atoms with van der Waals surface area (Å²) < 4.78 is 0. The third-order valence-electron chi connectivity index (χ3n) is 4.64. The molecule has 0 aliphatic heterocycles. The highest BCUT2D eigenvalue weighted by atomic mass is 14.8. The normalized spacial score (nSPS) is 12.5. The second-order valence-electron chi connectivity index (χ2n) is 6.93. The third-order valence-corrected chi connectivity index (χ3v) is 4.64. The van der Waals surface area contributed by atoms with Crippen molar-refractivity contribution in [3.8, 4) is 0 Å². The smallest absolute Gasteiger partial charge is 0.0636 e. The minimum atomic E-state index is 0.985. The molecular weight excluding hydrogens is 316 g/mol. The number of para-hydroxylation sites is 1. The summed E-state index contributed by atoms with van der Waals surface area (Å²) in [7, 11) is 0. The van der Waals surface area contributed by atoms with E-state index in [2.05, 4.69) is 58.0 Å². The topological polar surface area (TPSA) is 24.7 Å². The van der Waals surface area contributed by atoms with Crippen molar-refractivity contribution in [3.63, 3.8) is 0 Å². The van der Waals surface area contributed by atoms with Crippen LogP contribution in [-0.2, 0) is 0 Å². The second-order valence-corrected chi connectivity index (χ2v) is 6.93. The molecule has 0 saturated heterocycles. The summed E-state index contributed by atoms with van der Waals surface area (Å²) in [6.45, 7) is 8.75. The first-order chi connectivity index (χ1) is 12.6. The Balaban J connectivity index is 2.42. The van der Waals surface area contributed by atoms with Gasteiger partial charge in [-0.15, -0.1) is 0 Å². The largest absolute Gasteiger partial charge is 0.252 e. The fraction of sp³-hybridized carbons (Fsp3) is 0.417. The molecule has 0 aliphatic rings. The van der Waals surface area contributed by atoms with Crippen molar-refractivity contribution in [2.24, 2.45) is 9.98 Å². The second kappa shape index (κ2) is 10.7. The summed E-state index contributed by atoms with van der Waals surface area (Å²) in [4.78, 5) is 10.0. The van der Waals surface area contributed by atoms with Crippen LogP contribution in [0.1, 0.15) is 63.5 Å². The van der Waals surface area contributed by atoms with E-state index in [-0.39, 0.29) is 0 Å². The zero-order valence-electron chi connectivity index (χ0n) is 16.8. The van der Waals surface area contributed by atoms with Gasteiger partial charge < -0.3 is 0 Å². The van der Waals surface area contributed by atoms with Crippen molar-refractivity contribution >= 4 is 22.8 Å². The van der Waals surface area contributed by atoms with E-state index in [1.165, 1.54) is 24.0 Å². The summed E-state index contributed by atoms with van der Waals surface area (Å²) in [6.07, 6.45) is 6.59. The lowest BCUT2D eigenvalue weighted by Gasteiger charge is -2.11. The molecule has 0 N–H and O–H groups in total. The highest BCUT2D eigenvalue weighted by Crippen LogP contribution is 2.21. The van der Waals surface area contributed by atoms with Crippen molar-refractivity contribution in [2.75, 3.05) is 0 Å². The fourth-order valence-corrected chi connectivity index (χ4v) is 2.83. The maximum Gasteiger partial charge on any atom is 0.0636 e. The summed E-state index contributed by atoms with van der Waals surface area (Å²) >= 11 is 0. The van der Waals surface area contributed by atoms with Gasteiger partial charge >= 0.3 is 0 Å². The first kappa shape index (κ1) is 20.1. The molecule has 0 heterocycles. The Kier molecular flexibility index (Phi) is 8.27. The quantitative estimate of drug-likeness (QED) is 0.418. The van der Waals surface area contributed by atoms with Gasteiger partial charge in [0.05, 0.1) is 22.8 Å². The molecule has 0 amide bonds. The number of hydrogen-bond donors (Lipinski definition) is 0. The number of benzene rings is 2. The van der Waals surface area contributed by atoms with Gasteiger partial charge in [-0.3, -0.25) is 9.98 Å². The van der Waals surface area contributed by atoms with Crippen LogP contribution in [0.25, 0.3) is 0 Å². The van der Waals surface area contributed by atoms with Crippen LogP contribution >= 0.6 is 0 Å². The number of rotatable bonds is 9. The molecule has 0 aromatic heterocycles. The van der Waals surface area contributed by atoms with E-state index in [9.17, 15) is 0 Å². The molecule has 0 radical (unpaired) electrons. The highest BCUT2D eigenvalue weighted by Gasteiger charge is 2.10. The van der Waals surface area contributed by atoms with E-state index in [1.54, 1.807) is 0 Å². The molecule has 0 spiro atoms. The fourth-order valence-electron chi connectivity index (χ4n) is 2.83. The number of hydrogen-bond acceptors (Lipinski definition) is 2. The zero-order chi connectivity index (χ0) is 18.8. The van der Waals surface area contributed by atoms with Gasteiger partial charge in [-0.25, -0.2) is 0 Å². The van der Waals surface area contributed by atoms with E-state index in [1.807, 2.05) is 18.2 Å². The predicted molar refractivity (Wildman–Crippen MR) is 116 cm³/mol. The molecule has 2 heteroatoms. The molecule has 2 aromatic rings. The number of unbranched alkanes of at least 4 members (excludes halogenated alkanes) is 2. The summed E-state index contributed by atoms with van der Waals surface area (Å²) in [5.41, 5.74) is 6.94. The Morgan fingerprint density at radius 2 is 1.27 bits per heavy atom. The van der Waals surface area contributed by atoms with Gasteiger partial charge in [-0.1, -0.05) is 51.0 Å². The molecule has 0 aliphatic carbocycles. The van der Waals surface area contributed by atoms with Crippen LogP contribution in [-0.4, -0.2) is 11.4 Å². The van der Waals surface area contributed by atoms with Crippen LogP contribution in [0, 0.1) is 13.8 Å². The molecular formula is C24H32N2. The summed E-state index contributed by atoms with van der Waals surface area (Å²) in [5, 5.41) is 0. The van der Waals surface area contributed by atoms with Gasteiger partial charge in [-0.05, 0) is 74.9 Å². The molecule has 0 saturated carbocycles. The van der Waals surface area contributed by atoms with Gasteiger partial charge in [0.2, 0.25) is 0 Å². The Morgan fingerprint density at radius 1 is 0.692 bits per heavy atom. The third kappa shape index (κ3) is 6.25. The lowest BCUT2D eigenvalue weighted by molar-refractivity contribution is 0.824. The molecule has 2 aromatic carbocycles. The van der Waals surface area contributed by atoms with Crippen molar-refractivity contribution in [3.05, 3.63) is 59.7 Å². The van der Waals surface area contributed by atoms with Crippen LogP contribution in [0.3, 0.4) is 0 Å². The molecule has 0 unspecified atom stereocenters. The number of nitrogens with zero attached hydrogens (tertiary/aromatic N) is 2. The van der Waals surface area contributed by atoms with Gasteiger partial charge in [0.15, 0.2) is 0 Å². The van der Waals surface area contributed by atoms with E-state index < -0.39 is 0 Å². The van der Waals surface area contributed by atoms with Gasteiger partial charge in [0.25, 0.3) is 0 Å². The minimum Gasteiger partial charge on any atom is -0.252 e.